The van der Waals surface area contributed by atoms with E-state index in [1.54, 1.807) is 0 Å². The number of primary amides is 1. The van der Waals surface area contributed by atoms with Gasteiger partial charge in [0.25, 0.3) is 5.91 Å². The second-order valence-corrected chi connectivity index (χ2v) is 21.7. The van der Waals surface area contributed by atoms with Gasteiger partial charge in [0, 0.05) is 15.9 Å². The van der Waals surface area contributed by atoms with E-state index in [0.29, 0.717) is 32.1 Å². The Balaban J connectivity index is 1.86. The van der Waals surface area contributed by atoms with E-state index in [4.69, 9.17) is 5.73 Å². The van der Waals surface area contributed by atoms with Crippen molar-refractivity contribution in [1.29, 1.82) is 0 Å². The van der Waals surface area contributed by atoms with E-state index in [9.17, 15) is 32.4 Å². The number of likely N-dealkylation sites (tertiary alicyclic amines) is 1. The summed E-state index contributed by atoms with van der Waals surface area (Å²) in [5.41, 5.74) is 3.65. The molecule has 4 atom stereocenters. The zero-order valence-electron chi connectivity index (χ0n) is 30.5. The van der Waals surface area contributed by atoms with Gasteiger partial charge in [-0.3, -0.25) is 19.2 Å². The molecule has 12 nitrogen and oxygen atoms in total. The molecular formula is C35H60IN5O7S. The van der Waals surface area contributed by atoms with E-state index in [1.165, 1.54) is 4.90 Å². The van der Waals surface area contributed by atoms with Gasteiger partial charge < -0.3 is 26.6 Å². The normalized spacial score (nSPS) is 22.9. The Morgan fingerprint density at radius 2 is 1.55 bits per heavy atom. The molecule has 1 saturated heterocycles. The van der Waals surface area contributed by atoms with Crippen molar-refractivity contribution < 1.29 is 32.4 Å². The van der Waals surface area contributed by atoms with E-state index in [1.807, 2.05) is 48.5 Å². The average molecular weight is 822 g/mol. The van der Waals surface area contributed by atoms with Crippen molar-refractivity contribution in [2.75, 3.05) is 18.1 Å². The maximum Gasteiger partial charge on any atom is 0.315 e. The number of amides is 5. The second kappa shape index (κ2) is 16.6. The van der Waals surface area contributed by atoms with Crippen LogP contribution in [-0.4, -0.2) is 88.0 Å². The molecule has 5 N–H and O–H groups in total. The van der Waals surface area contributed by atoms with Gasteiger partial charge in [-0.15, -0.1) is 0 Å². The largest absolute Gasteiger partial charge is 0.363 e. The SMILES string of the molecule is CC(C)CCS(=O)(=O)CC1(NC(=O)N[C@H](C(=O)N2CCC(C(C)(C)I)C2C(=O)NC(CC2CCC2)C(=O)C(N)=O)C(C)(C)C)CCCCC1. The molecule has 3 rings (SSSR count). The van der Waals surface area contributed by atoms with E-state index >= 15 is 0 Å². The van der Waals surface area contributed by atoms with Crippen molar-refractivity contribution in [2.45, 2.75) is 146 Å². The second-order valence-electron chi connectivity index (χ2n) is 16.8. The first-order valence-corrected chi connectivity index (χ1v) is 20.9. The number of halogens is 1. The molecule has 2 aliphatic carbocycles. The van der Waals surface area contributed by atoms with Gasteiger partial charge >= 0.3 is 6.03 Å². The number of nitrogens with one attached hydrogen (secondary N) is 3. The van der Waals surface area contributed by atoms with Crippen LogP contribution in [0.1, 0.15) is 119 Å². The monoisotopic (exact) mass is 821 g/mol. The molecule has 3 aliphatic rings. The van der Waals surface area contributed by atoms with Crippen LogP contribution < -0.4 is 21.7 Å². The summed E-state index contributed by atoms with van der Waals surface area (Å²) in [4.78, 5) is 68.6. The highest BCUT2D eigenvalue weighted by molar-refractivity contribution is 14.1. The summed E-state index contributed by atoms with van der Waals surface area (Å²) in [6, 6.07) is -3.69. The van der Waals surface area contributed by atoms with Gasteiger partial charge in [-0.1, -0.05) is 110 Å². The number of carbonyl (C=O) groups is 5. The Labute approximate surface area is 307 Å². The Hall–Kier alpha value is -1.97. The summed E-state index contributed by atoms with van der Waals surface area (Å²) in [5.74, 6) is -2.86. The quantitative estimate of drug-likeness (QED) is 0.109. The van der Waals surface area contributed by atoms with Crippen LogP contribution in [0.2, 0.25) is 0 Å². The number of alkyl halides is 1. The minimum atomic E-state index is -3.45. The molecule has 0 bridgehead atoms. The predicted octanol–water partition coefficient (Wildman–Crippen LogP) is 4.02. The molecule has 0 aromatic rings. The summed E-state index contributed by atoms with van der Waals surface area (Å²) in [7, 11) is -3.45. The van der Waals surface area contributed by atoms with Gasteiger partial charge in [0.1, 0.15) is 12.1 Å². The topological polar surface area (TPSA) is 185 Å². The maximum absolute atomic E-state index is 14.5. The molecule has 49 heavy (non-hydrogen) atoms. The molecule has 0 spiro atoms. The predicted molar refractivity (Wildman–Crippen MR) is 199 cm³/mol. The van der Waals surface area contributed by atoms with E-state index < -0.39 is 71.9 Å². The lowest BCUT2D eigenvalue weighted by Gasteiger charge is -2.40. The number of ketones is 1. The van der Waals surface area contributed by atoms with Crippen LogP contribution in [0.4, 0.5) is 4.79 Å². The van der Waals surface area contributed by atoms with Gasteiger partial charge in [0.15, 0.2) is 9.84 Å². The van der Waals surface area contributed by atoms with Crippen LogP contribution in [0.5, 0.6) is 0 Å². The van der Waals surface area contributed by atoms with Gasteiger partial charge in [-0.05, 0) is 49.4 Å². The Bertz CT molecular complexity index is 1330. The van der Waals surface area contributed by atoms with Crippen LogP contribution in [0.15, 0.2) is 0 Å². The molecule has 0 aromatic heterocycles. The first-order valence-electron chi connectivity index (χ1n) is 18.0. The number of nitrogens with zero attached hydrogens (tertiary/aromatic N) is 1. The molecule has 14 heteroatoms. The van der Waals surface area contributed by atoms with E-state index in [2.05, 4.69) is 38.5 Å². The Kier molecular flexibility index (Phi) is 14.0. The third-order valence-electron chi connectivity index (χ3n) is 10.6. The number of hydrogen-bond donors (Lipinski definition) is 4. The van der Waals surface area contributed by atoms with Crippen molar-refractivity contribution in [2.24, 2.45) is 28.9 Å². The van der Waals surface area contributed by atoms with Gasteiger partial charge in [0.05, 0.1) is 23.1 Å². The number of hydrogen-bond acceptors (Lipinski definition) is 7. The molecule has 0 radical (unpaired) electrons. The van der Waals surface area contributed by atoms with Crippen molar-refractivity contribution in [1.82, 2.24) is 20.9 Å². The summed E-state index contributed by atoms with van der Waals surface area (Å²) in [5, 5.41) is 8.69. The van der Waals surface area contributed by atoms with Crippen molar-refractivity contribution in [3.8, 4) is 0 Å². The number of urea groups is 1. The summed E-state index contributed by atoms with van der Waals surface area (Å²) in [6.07, 6.45) is 7.82. The minimum Gasteiger partial charge on any atom is -0.363 e. The summed E-state index contributed by atoms with van der Waals surface area (Å²) >= 11 is 2.27. The number of rotatable bonds is 15. The van der Waals surface area contributed by atoms with Crippen LogP contribution in [-0.2, 0) is 29.0 Å². The fourth-order valence-electron chi connectivity index (χ4n) is 7.47. The van der Waals surface area contributed by atoms with Crippen molar-refractivity contribution >= 4 is 62.0 Å². The smallest absolute Gasteiger partial charge is 0.315 e. The maximum atomic E-state index is 14.5. The number of Topliss-reactive ketones (excluding diaryl/α,β-unsaturated/α-hetero) is 1. The molecule has 3 unspecified atom stereocenters. The molecule has 5 amide bonds. The van der Waals surface area contributed by atoms with Crippen LogP contribution >= 0.6 is 22.6 Å². The lowest BCUT2D eigenvalue weighted by atomic mass is 9.80. The summed E-state index contributed by atoms with van der Waals surface area (Å²) in [6.45, 7) is 13.7. The summed E-state index contributed by atoms with van der Waals surface area (Å²) < 4.78 is 26.0. The highest BCUT2D eigenvalue weighted by Gasteiger charge is 2.51. The molecule has 280 valence electrons. The number of nitrogens with two attached hydrogens (primary N) is 1. The minimum absolute atomic E-state index is 0.0537. The Morgan fingerprint density at radius 1 is 0.939 bits per heavy atom. The van der Waals surface area contributed by atoms with Gasteiger partial charge in [0.2, 0.25) is 17.6 Å². The fraction of sp³-hybridized carbons (Fsp3) is 0.857. The van der Waals surface area contributed by atoms with E-state index in [0.717, 1.165) is 38.5 Å². The fourth-order valence-corrected chi connectivity index (χ4v) is 10.3. The third kappa shape index (κ3) is 11.5. The number of carbonyl (C=O) groups excluding carboxylic acids is 5. The lowest BCUT2D eigenvalue weighted by molar-refractivity contribution is -0.144. The highest BCUT2D eigenvalue weighted by atomic mass is 127. The van der Waals surface area contributed by atoms with Gasteiger partial charge in [-0.2, -0.15) is 0 Å². The van der Waals surface area contributed by atoms with Crippen molar-refractivity contribution in [3.63, 3.8) is 0 Å². The molecule has 3 fully saturated rings. The first-order chi connectivity index (χ1) is 22.5. The Morgan fingerprint density at radius 3 is 2.04 bits per heavy atom. The molecule has 2 saturated carbocycles. The molecule has 0 aromatic carbocycles. The average Bonchev–Trinajstić information content (AvgIpc) is 3.41. The zero-order valence-corrected chi connectivity index (χ0v) is 33.5. The van der Waals surface area contributed by atoms with Crippen molar-refractivity contribution in [3.05, 3.63) is 0 Å². The zero-order chi connectivity index (χ0) is 36.9. The van der Waals surface area contributed by atoms with Crippen LogP contribution in [0, 0.1) is 23.2 Å². The first kappa shape index (κ1) is 41.5. The van der Waals surface area contributed by atoms with Gasteiger partial charge in [-0.25, -0.2) is 13.2 Å². The lowest BCUT2D eigenvalue weighted by Crippen LogP contribution is -2.64. The molecule has 1 aliphatic heterocycles. The van der Waals surface area contributed by atoms with Crippen LogP contribution in [0.3, 0.4) is 0 Å². The highest BCUT2D eigenvalue weighted by Crippen LogP contribution is 2.40. The standard InChI is InChI=1S/C35H60IN5O7S/c1-22(2)15-19-49(47,48)21-35(16-9-8-10-17-35)40-32(46)39-28(33(3,4)5)31(45)41-18-14-24(34(6,7)36)26(41)30(44)38-25(27(42)29(37)43)20-23-12-11-13-23/h22-26,28H,8-21H2,1-7H3,(H2,37,43)(H,38,44)(H2,39,40,46)/t24?,25?,26?,28-/m1/s1. The van der Waals surface area contributed by atoms with Crippen LogP contribution in [0.25, 0.3) is 0 Å². The number of sulfone groups is 1. The molecular weight excluding hydrogens is 761 g/mol. The third-order valence-corrected chi connectivity index (χ3v) is 13.2. The molecule has 1 heterocycles. The van der Waals surface area contributed by atoms with E-state index in [-0.39, 0.29) is 35.8 Å².